The van der Waals surface area contributed by atoms with Crippen LogP contribution in [-0.2, 0) is 4.79 Å². The largest absolute Gasteiger partial charge is 0.338 e. The van der Waals surface area contributed by atoms with E-state index in [-0.39, 0.29) is 11.9 Å². The Morgan fingerprint density at radius 1 is 1.36 bits per heavy atom. The lowest BCUT2D eigenvalue weighted by molar-refractivity contribution is -0.910. The van der Waals surface area contributed by atoms with Gasteiger partial charge in [0, 0.05) is 19.4 Å². The molecule has 2 heterocycles. The molecule has 2 aromatic rings. The van der Waals surface area contributed by atoms with Gasteiger partial charge in [-0.15, -0.1) is 11.3 Å². The number of unbranched alkanes of at least 4 members (excludes halogenated alkanes) is 1. The van der Waals surface area contributed by atoms with Crippen molar-refractivity contribution in [1.82, 2.24) is 15.6 Å². The number of rotatable bonds is 6. The highest BCUT2D eigenvalue weighted by molar-refractivity contribution is 7.18. The number of hydrogen-bond acceptors (Lipinski definition) is 4. The second-order valence-electron chi connectivity index (χ2n) is 6.46. The van der Waals surface area contributed by atoms with Crippen LogP contribution in [0.15, 0.2) is 24.3 Å². The van der Waals surface area contributed by atoms with E-state index in [2.05, 4.69) is 23.6 Å². The number of imide groups is 1. The van der Waals surface area contributed by atoms with Gasteiger partial charge in [0.25, 0.3) is 5.91 Å². The van der Waals surface area contributed by atoms with E-state index >= 15 is 0 Å². The third-order valence-corrected chi connectivity index (χ3v) is 5.70. The highest BCUT2D eigenvalue weighted by Gasteiger charge is 2.34. The molecule has 7 heteroatoms. The maximum Gasteiger partial charge on any atom is 0.321 e. The Balaban J connectivity index is 1.58. The number of nitrogens with one attached hydrogen (secondary N) is 3. The fourth-order valence-electron chi connectivity index (χ4n) is 3.26. The SMILES string of the molecule is CCCCNC(=O)NC(=O)C[NH+]1CCC[C@H]1c1nc2ccccc2s1. The third kappa shape index (κ3) is 4.55. The number of fused-ring (bicyclic) bond motifs is 1. The lowest BCUT2D eigenvalue weighted by Crippen LogP contribution is -3.11. The first-order valence-corrected chi connectivity index (χ1v) is 9.76. The summed E-state index contributed by atoms with van der Waals surface area (Å²) in [6, 6.07) is 7.97. The van der Waals surface area contributed by atoms with Crippen LogP contribution in [0.3, 0.4) is 0 Å². The van der Waals surface area contributed by atoms with Gasteiger partial charge in [-0.2, -0.15) is 0 Å². The summed E-state index contributed by atoms with van der Waals surface area (Å²) in [7, 11) is 0. The molecule has 3 N–H and O–H groups in total. The monoisotopic (exact) mass is 361 g/mol. The molecule has 25 heavy (non-hydrogen) atoms. The van der Waals surface area contributed by atoms with Gasteiger partial charge in [-0.3, -0.25) is 10.1 Å². The van der Waals surface area contributed by atoms with Gasteiger partial charge in [0.05, 0.1) is 16.8 Å². The van der Waals surface area contributed by atoms with Crippen molar-refractivity contribution in [2.45, 2.75) is 38.6 Å². The quantitative estimate of drug-likeness (QED) is 0.685. The Hall–Kier alpha value is -1.99. The Bertz CT molecular complexity index is 713. The maximum atomic E-state index is 12.2. The number of likely N-dealkylation sites (tertiary alicyclic amines) is 1. The molecule has 1 aromatic heterocycles. The molecule has 1 aliphatic rings. The van der Waals surface area contributed by atoms with Crippen molar-refractivity contribution in [3.8, 4) is 0 Å². The van der Waals surface area contributed by atoms with Gasteiger partial charge in [-0.25, -0.2) is 9.78 Å². The van der Waals surface area contributed by atoms with Crippen LogP contribution in [0, 0.1) is 0 Å². The van der Waals surface area contributed by atoms with Gasteiger partial charge in [0.1, 0.15) is 6.04 Å². The van der Waals surface area contributed by atoms with E-state index in [0.29, 0.717) is 13.1 Å². The molecule has 0 radical (unpaired) electrons. The molecular weight excluding hydrogens is 336 g/mol. The minimum Gasteiger partial charge on any atom is -0.338 e. The second-order valence-corrected chi connectivity index (χ2v) is 7.52. The summed E-state index contributed by atoms with van der Waals surface area (Å²) in [5.74, 6) is -0.225. The molecule has 1 fully saturated rings. The number of quaternary nitrogens is 1. The molecule has 1 aliphatic heterocycles. The normalized spacial score (nSPS) is 19.9. The molecule has 0 aliphatic carbocycles. The van der Waals surface area contributed by atoms with Gasteiger partial charge < -0.3 is 10.2 Å². The molecule has 1 unspecified atom stereocenters. The average Bonchev–Trinajstić information content (AvgIpc) is 3.20. The molecular formula is C18H25N4O2S+. The number of amides is 3. The van der Waals surface area contributed by atoms with Crippen molar-refractivity contribution in [1.29, 1.82) is 0 Å². The van der Waals surface area contributed by atoms with E-state index in [4.69, 9.17) is 4.98 Å². The zero-order valence-corrected chi connectivity index (χ0v) is 15.3. The van der Waals surface area contributed by atoms with Crippen molar-refractivity contribution in [3.05, 3.63) is 29.3 Å². The lowest BCUT2D eigenvalue weighted by atomic mass is 10.2. The smallest absolute Gasteiger partial charge is 0.321 e. The summed E-state index contributed by atoms with van der Waals surface area (Å²) < 4.78 is 1.18. The van der Waals surface area contributed by atoms with Crippen molar-refractivity contribution < 1.29 is 14.5 Å². The number of thiazole rings is 1. The lowest BCUT2D eigenvalue weighted by Gasteiger charge is -2.19. The van der Waals surface area contributed by atoms with E-state index in [1.54, 1.807) is 11.3 Å². The molecule has 6 nitrogen and oxygen atoms in total. The predicted molar refractivity (Wildman–Crippen MR) is 98.7 cm³/mol. The van der Waals surface area contributed by atoms with E-state index in [1.165, 1.54) is 9.60 Å². The van der Waals surface area contributed by atoms with Crippen LogP contribution in [0.5, 0.6) is 0 Å². The first kappa shape index (κ1) is 17.8. The van der Waals surface area contributed by atoms with Crippen LogP contribution in [0.25, 0.3) is 10.2 Å². The number of para-hydroxylation sites is 1. The van der Waals surface area contributed by atoms with Crippen molar-refractivity contribution in [2.75, 3.05) is 19.6 Å². The van der Waals surface area contributed by atoms with Crippen molar-refractivity contribution >= 4 is 33.5 Å². The molecule has 3 amide bonds. The van der Waals surface area contributed by atoms with E-state index < -0.39 is 6.03 Å². The number of carbonyl (C=O) groups is 2. The first-order chi connectivity index (χ1) is 12.2. The fourth-order valence-corrected chi connectivity index (χ4v) is 4.42. The standard InChI is InChI=1S/C18H24N4O2S/c1-2-3-10-19-18(24)21-16(23)12-22-11-6-8-14(22)17-20-13-7-4-5-9-15(13)25-17/h4-5,7,9,14H,2-3,6,8,10-12H2,1H3,(H2,19,21,23,24)/p+1/t14-/m0/s1. The minimum atomic E-state index is -0.395. The fraction of sp³-hybridized carbons (Fsp3) is 0.500. The molecule has 0 bridgehead atoms. The molecule has 1 aromatic carbocycles. The number of nitrogens with zero attached hydrogens (tertiary/aromatic N) is 1. The number of urea groups is 1. The molecule has 134 valence electrons. The highest BCUT2D eigenvalue weighted by Crippen LogP contribution is 2.28. The Kier molecular flexibility index (Phi) is 5.99. The minimum absolute atomic E-state index is 0.225. The zero-order valence-electron chi connectivity index (χ0n) is 14.5. The number of aromatic nitrogens is 1. The second kappa shape index (κ2) is 8.40. The van der Waals surface area contributed by atoms with Crippen LogP contribution in [-0.4, -0.2) is 36.6 Å². The molecule has 1 saturated heterocycles. The summed E-state index contributed by atoms with van der Waals surface area (Å²) in [4.78, 5) is 29.8. The van der Waals surface area contributed by atoms with Crippen LogP contribution in [0.2, 0.25) is 0 Å². The van der Waals surface area contributed by atoms with Crippen molar-refractivity contribution in [3.63, 3.8) is 0 Å². The predicted octanol–water partition coefficient (Wildman–Crippen LogP) is 1.64. The van der Waals surface area contributed by atoms with Gasteiger partial charge in [0.15, 0.2) is 11.6 Å². The Labute approximate surface area is 151 Å². The summed E-state index contributed by atoms with van der Waals surface area (Å²) >= 11 is 1.71. The first-order valence-electron chi connectivity index (χ1n) is 8.95. The van der Waals surface area contributed by atoms with Crippen LogP contribution in [0.4, 0.5) is 4.79 Å². The van der Waals surface area contributed by atoms with Gasteiger partial charge >= 0.3 is 6.03 Å². The average molecular weight is 361 g/mol. The number of hydrogen-bond donors (Lipinski definition) is 3. The number of carbonyl (C=O) groups excluding carboxylic acids is 2. The molecule has 0 spiro atoms. The van der Waals surface area contributed by atoms with Crippen molar-refractivity contribution in [2.24, 2.45) is 0 Å². The Morgan fingerprint density at radius 2 is 2.20 bits per heavy atom. The molecule has 3 rings (SSSR count). The van der Waals surface area contributed by atoms with E-state index in [9.17, 15) is 9.59 Å². The number of benzene rings is 1. The van der Waals surface area contributed by atoms with Gasteiger partial charge in [0.2, 0.25) is 0 Å². The summed E-state index contributed by atoms with van der Waals surface area (Å²) in [6.45, 7) is 3.90. The zero-order chi connectivity index (χ0) is 17.6. The topological polar surface area (TPSA) is 75.5 Å². The van der Waals surface area contributed by atoms with E-state index in [0.717, 1.165) is 42.8 Å². The van der Waals surface area contributed by atoms with Crippen LogP contribution in [0.1, 0.15) is 43.7 Å². The summed E-state index contributed by atoms with van der Waals surface area (Å²) in [6.07, 6.45) is 4.03. The maximum absolute atomic E-state index is 12.2. The van der Waals surface area contributed by atoms with Crippen LogP contribution >= 0.6 is 11.3 Å². The highest BCUT2D eigenvalue weighted by atomic mass is 32.1. The van der Waals surface area contributed by atoms with Gasteiger partial charge in [-0.1, -0.05) is 25.5 Å². The third-order valence-electron chi connectivity index (χ3n) is 4.55. The Morgan fingerprint density at radius 3 is 3.00 bits per heavy atom. The molecule has 2 atom stereocenters. The van der Waals surface area contributed by atoms with Crippen LogP contribution < -0.4 is 15.5 Å². The molecule has 0 saturated carbocycles. The summed E-state index contributed by atoms with van der Waals surface area (Å²) in [5, 5.41) is 6.24. The van der Waals surface area contributed by atoms with Gasteiger partial charge in [-0.05, 0) is 18.6 Å². The van der Waals surface area contributed by atoms with E-state index in [1.807, 2.05) is 18.2 Å². The summed E-state index contributed by atoms with van der Waals surface area (Å²) in [5.41, 5.74) is 1.02.